The van der Waals surface area contributed by atoms with Crippen molar-refractivity contribution in [1.29, 1.82) is 0 Å². The number of rotatable bonds is 8. The second-order valence-electron chi connectivity index (χ2n) is 8.50. The lowest BCUT2D eigenvalue weighted by atomic mass is 9.98. The number of hydrogen-bond donors (Lipinski definition) is 4. The number of hydrogen-bond acceptors (Lipinski definition) is 6. The van der Waals surface area contributed by atoms with Gasteiger partial charge in [0.2, 0.25) is 5.54 Å². The molecule has 1 aromatic carbocycles. The first-order valence-electron chi connectivity index (χ1n) is 12.3. The molecular weight excluding hydrogens is 486 g/mol. The number of nitrogens with one attached hydrogen (secondary N) is 4. The largest absolute Gasteiger partial charge is 0.497 e. The Morgan fingerprint density at radius 3 is 2.50 bits per heavy atom. The summed E-state index contributed by atoms with van der Waals surface area (Å²) >= 11 is 0. The van der Waals surface area contributed by atoms with Crippen LogP contribution in [0.1, 0.15) is 49.5 Å². The van der Waals surface area contributed by atoms with Crippen LogP contribution in [-0.4, -0.2) is 54.9 Å². The Bertz CT molecular complexity index is 1220. The van der Waals surface area contributed by atoms with E-state index >= 15 is 0 Å². The van der Waals surface area contributed by atoms with Crippen molar-refractivity contribution >= 4 is 23.8 Å². The number of unbranched alkanes of at least 4 members (excludes halogenated alkanes) is 1. The number of carbonyl (C=O) groups excluding carboxylic acids is 4. The first-order valence-corrected chi connectivity index (χ1v) is 12.3. The van der Waals surface area contributed by atoms with Gasteiger partial charge in [0.15, 0.2) is 0 Å². The molecule has 3 rings (SSSR count). The third-order valence-electron chi connectivity index (χ3n) is 5.83. The number of fused-ring (bicyclic) bond motifs is 1. The summed E-state index contributed by atoms with van der Waals surface area (Å²) < 4.78 is 5.19. The van der Waals surface area contributed by atoms with E-state index in [9.17, 15) is 19.2 Å². The molecule has 2 aliphatic rings. The number of carbonyl (C=O) groups is 4. The summed E-state index contributed by atoms with van der Waals surface area (Å²) in [6, 6.07) is 4.46. The fourth-order valence-corrected chi connectivity index (χ4v) is 3.57. The highest BCUT2D eigenvalue weighted by Gasteiger charge is 2.48. The SMILES string of the molecule is C=C/C(C#CC1(CN2Cc3ccc(OC)cc3C2=O)NC(=O)NC1=O)=C\C(=C/C)C(=O)NNC.CCCC. The average molecular weight is 522 g/mol. The van der Waals surface area contributed by atoms with Crippen LogP contribution in [0.15, 0.2) is 54.2 Å². The van der Waals surface area contributed by atoms with E-state index in [2.05, 4.69) is 53.8 Å². The molecule has 5 amide bonds. The van der Waals surface area contributed by atoms with E-state index in [1.54, 1.807) is 38.2 Å². The summed E-state index contributed by atoms with van der Waals surface area (Å²) in [6.45, 7) is 9.83. The van der Waals surface area contributed by atoms with Crippen LogP contribution in [0.25, 0.3) is 0 Å². The van der Waals surface area contributed by atoms with E-state index in [0.717, 1.165) is 5.56 Å². The van der Waals surface area contributed by atoms with Crippen molar-refractivity contribution < 1.29 is 23.9 Å². The minimum absolute atomic E-state index is 0.172. The smallest absolute Gasteiger partial charge is 0.323 e. The van der Waals surface area contributed by atoms with Gasteiger partial charge in [-0.1, -0.05) is 63.3 Å². The lowest BCUT2D eigenvalue weighted by molar-refractivity contribution is -0.122. The highest BCUT2D eigenvalue weighted by atomic mass is 16.5. The molecule has 0 spiro atoms. The lowest BCUT2D eigenvalue weighted by Gasteiger charge is -2.26. The Morgan fingerprint density at radius 1 is 1.26 bits per heavy atom. The van der Waals surface area contributed by atoms with Crippen LogP contribution >= 0.6 is 0 Å². The van der Waals surface area contributed by atoms with E-state index in [1.807, 2.05) is 0 Å². The van der Waals surface area contributed by atoms with Crippen LogP contribution < -0.4 is 26.2 Å². The number of urea groups is 1. The summed E-state index contributed by atoms with van der Waals surface area (Å²) in [5.41, 5.74) is 5.22. The zero-order valence-corrected chi connectivity index (χ0v) is 22.5. The van der Waals surface area contributed by atoms with Crippen molar-refractivity contribution in [3.8, 4) is 17.6 Å². The number of allylic oxidation sites excluding steroid dienone is 3. The summed E-state index contributed by atoms with van der Waals surface area (Å²) in [7, 11) is 3.07. The highest BCUT2D eigenvalue weighted by molar-refractivity contribution is 6.10. The van der Waals surface area contributed by atoms with Gasteiger partial charge in [0.1, 0.15) is 5.75 Å². The van der Waals surface area contributed by atoms with Gasteiger partial charge in [-0.2, -0.15) is 0 Å². The normalized spacial score (nSPS) is 18.3. The minimum Gasteiger partial charge on any atom is -0.497 e. The van der Waals surface area contributed by atoms with Gasteiger partial charge in [0.25, 0.3) is 17.7 Å². The topological polar surface area (TPSA) is 129 Å². The Labute approximate surface area is 223 Å². The predicted molar refractivity (Wildman–Crippen MR) is 145 cm³/mol. The van der Waals surface area contributed by atoms with Gasteiger partial charge in [-0.05, 0) is 30.7 Å². The summed E-state index contributed by atoms with van der Waals surface area (Å²) in [5.74, 6) is 4.79. The molecule has 4 N–H and O–H groups in total. The zero-order chi connectivity index (χ0) is 28.3. The monoisotopic (exact) mass is 521 g/mol. The molecule has 202 valence electrons. The summed E-state index contributed by atoms with van der Waals surface area (Å²) in [6.07, 6.45) is 7.15. The van der Waals surface area contributed by atoms with Gasteiger partial charge < -0.3 is 15.0 Å². The van der Waals surface area contributed by atoms with Crippen molar-refractivity contribution in [3.63, 3.8) is 0 Å². The third-order valence-corrected chi connectivity index (χ3v) is 5.83. The molecule has 10 nitrogen and oxygen atoms in total. The van der Waals surface area contributed by atoms with Crippen LogP contribution in [0.4, 0.5) is 4.79 Å². The van der Waals surface area contributed by atoms with Crippen LogP contribution in [0.5, 0.6) is 5.75 Å². The molecule has 1 atom stereocenters. The number of ether oxygens (including phenoxy) is 1. The van der Waals surface area contributed by atoms with Crippen molar-refractivity contribution in [2.45, 2.75) is 45.7 Å². The van der Waals surface area contributed by atoms with Crippen molar-refractivity contribution in [2.75, 3.05) is 20.7 Å². The van der Waals surface area contributed by atoms with Gasteiger partial charge in [-0.3, -0.25) is 25.1 Å². The molecular formula is C28H35N5O5. The van der Waals surface area contributed by atoms with Crippen molar-refractivity contribution in [3.05, 3.63) is 65.3 Å². The van der Waals surface area contributed by atoms with Gasteiger partial charge in [0, 0.05) is 30.3 Å². The molecule has 10 heteroatoms. The predicted octanol–water partition coefficient (Wildman–Crippen LogP) is 2.35. The van der Waals surface area contributed by atoms with Gasteiger partial charge in [-0.25, -0.2) is 10.2 Å². The number of hydrazine groups is 1. The maximum atomic E-state index is 13.0. The molecule has 0 saturated carbocycles. The first-order chi connectivity index (χ1) is 18.2. The molecule has 0 aromatic heterocycles. The maximum absolute atomic E-state index is 13.0. The Morgan fingerprint density at radius 2 is 1.97 bits per heavy atom. The first kappa shape index (κ1) is 29.9. The minimum atomic E-state index is -1.68. The van der Waals surface area contributed by atoms with E-state index in [4.69, 9.17) is 4.74 Å². The molecule has 1 saturated heterocycles. The average Bonchev–Trinajstić information content (AvgIpc) is 3.37. The van der Waals surface area contributed by atoms with Gasteiger partial charge in [0.05, 0.1) is 13.7 Å². The second-order valence-corrected chi connectivity index (χ2v) is 8.50. The van der Waals surface area contributed by atoms with Gasteiger partial charge >= 0.3 is 6.03 Å². The number of amides is 5. The quantitative estimate of drug-likeness (QED) is 0.137. The lowest BCUT2D eigenvalue weighted by Crippen LogP contribution is -2.54. The van der Waals surface area contributed by atoms with E-state index in [1.165, 1.54) is 37.0 Å². The maximum Gasteiger partial charge on any atom is 0.323 e. The van der Waals surface area contributed by atoms with Crippen LogP contribution in [0, 0.1) is 11.8 Å². The van der Waals surface area contributed by atoms with Crippen molar-refractivity contribution in [1.82, 2.24) is 26.4 Å². The molecule has 1 unspecified atom stereocenters. The van der Waals surface area contributed by atoms with Gasteiger partial charge in [-0.15, -0.1) is 0 Å². The Balaban J connectivity index is 0.00000118. The fourth-order valence-electron chi connectivity index (χ4n) is 3.57. The molecule has 38 heavy (non-hydrogen) atoms. The summed E-state index contributed by atoms with van der Waals surface area (Å²) in [5, 5.41) is 4.73. The molecule has 0 bridgehead atoms. The van der Waals surface area contributed by atoms with E-state index < -0.39 is 17.5 Å². The van der Waals surface area contributed by atoms with Crippen LogP contribution in [0.2, 0.25) is 0 Å². The molecule has 2 aliphatic heterocycles. The number of methoxy groups -OCH3 is 1. The number of imide groups is 1. The Kier molecular flexibility index (Phi) is 10.9. The van der Waals surface area contributed by atoms with E-state index in [-0.39, 0.29) is 24.9 Å². The molecule has 1 aromatic rings. The summed E-state index contributed by atoms with van der Waals surface area (Å²) in [4.78, 5) is 51.3. The van der Waals surface area contributed by atoms with E-state index in [0.29, 0.717) is 22.5 Å². The van der Waals surface area contributed by atoms with Crippen molar-refractivity contribution in [2.24, 2.45) is 0 Å². The molecule has 0 radical (unpaired) electrons. The fraction of sp³-hybridized carbons (Fsp3) is 0.357. The van der Waals surface area contributed by atoms with Crippen LogP contribution in [-0.2, 0) is 16.1 Å². The molecule has 1 fully saturated rings. The third kappa shape index (κ3) is 7.11. The number of nitrogens with zero attached hydrogens (tertiary/aromatic N) is 1. The Hall–Kier alpha value is -4.36. The standard InChI is InChI=1S/C24H25N5O5.C4H10/c1-5-15(11-16(6-2)20(30)28-25-3)9-10-24(22(32)26-23(33)27-24)14-29-13-17-7-8-18(34-4)12-19(17)21(29)31;1-3-4-2/h5-8,11-12,25H,1,13-14H2,2-4H3,(H,28,30)(H2,26,27,32,33);3-4H2,1-2H3/b15-11+,16-6+;. The van der Waals surface area contributed by atoms with Crippen LogP contribution in [0.3, 0.4) is 0 Å². The second kappa shape index (κ2) is 13.8. The zero-order valence-electron chi connectivity index (χ0n) is 22.5. The molecule has 2 heterocycles. The molecule has 0 aliphatic carbocycles. The number of benzene rings is 1. The highest BCUT2D eigenvalue weighted by Crippen LogP contribution is 2.28.